The molecule has 1 aliphatic heterocycles. The molecule has 2 aromatic carbocycles. The fraction of sp³-hybridized carbons (Fsp3) is 0.480. The number of aromatic amines is 1. The Morgan fingerprint density at radius 1 is 0.864 bits per heavy atom. The number of unbranched alkanes of at least 4 members (excludes halogenated alkanes) is 2. The number of fused-ring (bicyclic) bond motifs is 4. The quantitative estimate of drug-likeness (QED) is 0.0336. The van der Waals surface area contributed by atoms with Crippen molar-refractivity contribution in [2.75, 3.05) is 38.3 Å². The van der Waals surface area contributed by atoms with Crippen molar-refractivity contribution in [1.29, 1.82) is 0 Å². The molecule has 3 aliphatic rings. The molecule has 66 heavy (non-hydrogen) atoms. The molecule has 4 aromatic heterocycles. The molecule has 2 saturated carbocycles. The molecule has 2 aliphatic carbocycles. The highest BCUT2D eigenvalue weighted by Gasteiger charge is 2.45. The largest absolute Gasteiger partial charge is 0.381 e. The Kier molecular flexibility index (Phi) is 13.5. The van der Waals surface area contributed by atoms with Crippen LogP contribution in [0, 0.1) is 20.8 Å². The van der Waals surface area contributed by atoms with Gasteiger partial charge in [-0.1, -0.05) is 17.3 Å². The second kappa shape index (κ2) is 19.8. The van der Waals surface area contributed by atoms with E-state index in [1.54, 1.807) is 12.1 Å². The Bertz CT molecular complexity index is 2780. The van der Waals surface area contributed by atoms with Crippen LogP contribution in [-0.4, -0.2) is 97.2 Å². The molecule has 0 radical (unpaired) electrons. The average molecular weight is 898 g/mol. The molecular formula is C50H59N9O7. The molecule has 16 heteroatoms. The molecule has 346 valence electrons. The van der Waals surface area contributed by atoms with E-state index < -0.39 is 17.9 Å². The molecule has 0 bridgehead atoms. The number of carbonyl (C=O) groups is 4. The van der Waals surface area contributed by atoms with Gasteiger partial charge in [-0.2, -0.15) is 5.10 Å². The zero-order chi connectivity index (χ0) is 45.9. The number of hydrogen-bond acceptors (Lipinski definition) is 13. The molecule has 1 atom stereocenters. The number of ketones is 2. The first-order valence-corrected chi connectivity index (χ1v) is 23.6. The van der Waals surface area contributed by atoms with Gasteiger partial charge in [-0.3, -0.25) is 24.1 Å². The number of nitrogens with one attached hydrogen (secondary N) is 3. The number of anilines is 2. The fourth-order valence-corrected chi connectivity index (χ4v) is 9.41. The molecule has 2 fully saturated rings. The first-order chi connectivity index (χ1) is 32.1. The summed E-state index contributed by atoms with van der Waals surface area (Å²) in [7, 11) is 0. The number of aryl methyl sites for hydroxylation is 5. The van der Waals surface area contributed by atoms with Crippen LogP contribution in [0.4, 0.5) is 11.6 Å². The van der Waals surface area contributed by atoms with Crippen molar-refractivity contribution in [1.82, 2.24) is 40.1 Å². The molecule has 1 unspecified atom stereocenters. The number of amides is 2. The SMILES string of the molecule is CCn1nc(C2CC2)cc1Nc1nc(CNCCCOCCCCOCCCCc2cccc3c2C(=O)N(C2CCC(=O)CC2=O)C3=O)nc2[nH]c3cc(-c4c(C)noc4C)c(C)cc3c12. The number of hydrogen-bond donors (Lipinski definition) is 3. The first kappa shape index (κ1) is 45.1. The smallest absolute Gasteiger partial charge is 0.262 e. The van der Waals surface area contributed by atoms with Crippen molar-refractivity contribution in [2.24, 2.45) is 0 Å². The van der Waals surface area contributed by atoms with Crippen molar-refractivity contribution in [3.05, 3.63) is 81.6 Å². The van der Waals surface area contributed by atoms with Crippen LogP contribution in [0.25, 0.3) is 33.1 Å². The maximum absolute atomic E-state index is 13.4. The highest BCUT2D eigenvalue weighted by molar-refractivity contribution is 6.24. The molecule has 9 rings (SSSR count). The third-order valence-electron chi connectivity index (χ3n) is 13.0. The number of imide groups is 1. The van der Waals surface area contributed by atoms with Crippen molar-refractivity contribution in [2.45, 2.75) is 123 Å². The number of nitrogens with zero attached hydrogens (tertiary/aromatic N) is 6. The molecule has 0 spiro atoms. The van der Waals surface area contributed by atoms with E-state index in [0.29, 0.717) is 62.3 Å². The van der Waals surface area contributed by atoms with Crippen LogP contribution in [-0.2, 0) is 38.6 Å². The lowest BCUT2D eigenvalue weighted by molar-refractivity contribution is -0.132. The van der Waals surface area contributed by atoms with E-state index in [2.05, 4.69) is 52.8 Å². The lowest BCUT2D eigenvalue weighted by Crippen LogP contribution is -2.47. The van der Waals surface area contributed by atoms with E-state index in [1.165, 1.54) is 12.8 Å². The van der Waals surface area contributed by atoms with Crippen molar-refractivity contribution >= 4 is 57.0 Å². The van der Waals surface area contributed by atoms with E-state index in [1.807, 2.05) is 24.6 Å². The molecule has 5 heterocycles. The van der Waals surface area contributed by atoms with E-state index in [4.69, 9.17) is 29.1 Å². The van der Waals surface area contributed by atoms with Gasteiger partial charge in [0.2, 0.25) is 0 Å². The van der Waals surface area contributed by atoms with E-state index in [9.17, 15) is 19.2 Å². The third kappa shape index (κ3) is 9.44. The molecule has 3 N–H and O–H groups in total. The summed E-state index contributed by atoms with van der Waals surface area (Å²) in [4.78, 5) is 65.6. The Morgan fingerprint density at radius 2 is 1.64 bits per heavy atom. The van der Waals surface area contributed by atoms with Gasteiger partial charge >= 0.3 is 0 Å². The second-order valence-corrected chi connectivity index (χ2v) is 17.9. The van der Waals surface area contributed by atoms with Crippen LogP contribution in [0.5, 0.6) is 0 Å². The van der Waals surface area contributed by atoms with Crippen LogP contribution in [0.3, 0.4) is 0 Å². The molecule has 6 aromatic rings. The highest BCUT2D eigenvalue weighted by Crippen LogP contribution is 2.42. The number of ether oxygens (including phenoxy) is 2. The summed E-state index contributed by atoms with van der Waals surface area (Å²) in [5.41, 5.74) is 8.46. The summed E-state index contributed by atoms with van der Waals surface area (Å²) in [5, 5.41) is 18.2. The van der Waals surface area contributed by atoms with Gasteiger partial charge in [-0.15, -0.1) is 0 Å². The van der Waals surface area contributed by atoms with Crippen LogP contribution in [0.15, 0.2) is 40.9 Å². The Morgan fingerprint density at radius 3 is 2.36 bits per heavy atom. The predicted molar refractivity (Wildman–Crippen MR) is 249 cm³/mol. The van der Waals surface area contributed by atoms with E-state index >= 15 is 0 Å². The lowest BCUT2D eigenvalue weighted by atomic mass is 9.92. The summed E-state index contributed by atoms with van der Waals surface area (Å²) in [6, 6.07) is 11.0. The molecule has 0 saturated heterocycles. The number of Topliss-reactive ketones (excluding diaryl/α,β-unsaturated/α-hetero) is 2. The average Bonchev–Trinajstić information content (AvgIpc) is 3.76. The Balaban J connectivity index is 0.709. The van der Waals surface area contributed by atoms with Crippen LogP contribution >= 0.6 is 0 Å². The number of rotatable bonds is 22. The first-order valence-electron chi connectivity index (χ1n) is 23.6. The van der Waals surface area contributed by atoms with Gasteiger partial charge in [0.25, 0.3) is 11.8 Å². The molecule has 16 nitrogen and oxygen atoms in total. The fourth-order valence-electron chi connectivity index (χ4n) is 9.41. The highest BCUT2D eigenvalue weighted by atomic mass is 16.5. The maximum atomic E-state index is 13.4. The number of carbonyl (C=O) groups excluding carboxylic acids is 4. The summed E-state index contributed by atoms with van der Waals surface area (Å²) < 4.78 is 19.3. The summed E-state index contributed by atoms with van der Waals surface area (Å²) in [6.07, 6.45) is 7.44. The van der Waals surface area contributed by atoms with Gasteiger partial charge in [-0.05, 0) is 127 Å². The van der Waals surface area contributed by atoms with Crippen LogP contribution < -0.4 is 10.6 Å². The molecular weight excluding hydrogens is 839 g/mol. The van der Waals surface area contributed by atoms with Gasteiger partial charge in [0, 0.05) is 67.8 Å². The van der Waals surface area contributed by atoms with Crippen molar-refractivity contribution < 1.29 is 33.2 Å². The third-order valence-corrected chi connectivity index (χ3v) is 13.0. The van der Waals surface area contributed by atoms with Crippen molar-refractivity contribution in [3.8, 4) is 11.1 Å². The summed E-state index contributed by atoms with van der Waals surface area (Å²) in [6.45, 7) is 12.7. The summed E-state index contributed by atoms with van der Waals surface area (Å²) >= 11 is 0. The maximum Gasteiger partial charge on any atom is 0.262 e. The van der Waals surface area contributed by atoms with Crippen LogP contribution in [0.1, 0.15) is 132 Å². The normalized spacial score (nSPS) is 16.4. The van der Waals surface area contributed by atoms with Gasteiger partial charge in [0.15, 0.2) is 5.78 Å². The minimum atomic E-state index is -0.859. The van der Waals surface area contributed by atoms with Gasteiger partial charge < -0.3 is 29.6 Å². The Labute approximate surface area is 383 Å². The number of aromatic nitrogens is 6. The predicted octanol–water partition coefficient (Wildman–Crippen LogP) is 8.13. The topological polar surface area (TPSA) is 199 Å². The zero-order valence-electron chi connectivity index (χ0n) is 38.4. The zero-order valence-corrected chi connectivity index (χ0v) is 38.4. The van der Waals surface area contributed by atoms with Gasteiger partial charge in [0.05, 0.1) is 46.9 Å². The molecule has 2 amide bonds. The minimum absolute atomic E-state index is 0.142. The standard InChI is InChI=1S/C50H59N9O7/c1-5-58-43(27-38(56-58)32-15-16-32)55-48-46-37-24-29(2)36(44-30(3)57-66-31(44)4)26-39(37)52-47(46)53-42(54-48)28-51-19-11-23-65-22-9-8-21-64-20-7-6-12-33-13-10-14-35-45(33)50(63)59(49(35)62)40-18-17-34(60)25-41(40)61/h10,13-14,24,26-27,32,40,51H,5-9,11-12,15-23,25,28H2,1-4H3,(H2,52,53,54,55). The van der Waals surface area contributed by atoms with E-state index in [-0.39, 0.29) is 30.8 Å². The number of benzene rings is 2. The van der Waals surface area contributed by atoms with Crippen LogP contribution in [0.2, 0.25) is 0 Å². The van der Waals surface area contributed by atoms with Gasteiger partial charge in [-0.25, -0.2) is 14.6 Å². The Hall–Kier alpha value is -6.10. The van der Waals surface area contributed by atoms with Crippen molar-refractivity contribution in [3.63, 3.8) is 0 Å². The van der Waals surface area contributed by atoms with Gasteiger partial charge in [0.1, 0.15) is 34.7 Å². The monoisotopic (exact) mass is 897 g/mol. The number of H-pyrrole nitrogens is 1. The van der Waals surface area contributed by atoms with E-state index in [0.717, 1.165) is 123 Å². The minimum Gasteiger partial charge on any atom is -0.381 e. The lowest BCUT2D eigenvalue weighted by Gasteiger charge is -2.27. The summed E-state index contributed by atoms with van der Waals surface area (Å²) in [5.74, 6) is 2.30. The second-order valence-electron chi connectivity index (χ2n) is 17.9.